The Morgan fingerprint density at radius 2 is 2.12 bits per heavy atom. The van der Waals surface area contributed by atoms with Crippen LogP contribution >= 0.6 is 0 Å². The highest BCUT2D eigenvalue weighted by molar-refractivity contribution is 4.99. The Balaban J connectivity index is 1.91. The van der Waals surface area contributed by atoms with Crippen LogP contribution in [0.1, 0.15) is 59.3 Å². The Morgan fingerprint density at radius 3 is 2.75 bits per heavy atom. The van der Waals surface area contributed by atoms with E-state index in [1.54, 1.807) is 0 Å². The quantitative estimate of drug-likeness (QED) is 0.797. The van der Waals surface area contributed by atoms with Gasteiger partial charge in [0.25, 0.3) is 0 Å². The number of hydrogen-bond donors (Lipinski definition) is 1. The molecule has 1 saturated heterocycles. The normalized spacial score (nSPS) is 38.1. The van der Waals surface area contributed by atoms with Gasteiger partial charge < -0.3 is 10.1 Å². The summed E-state index contributed by atoms with van der Waals surface area (Å²) in [6, 6.07) is 0.697. The van der Waals surface area contributed by atoms with E-state index < -0.39 is 0 Å². The molecule has 2 aliphatic rings. The van der Waals surface area contributed by atoms with E-state index in [2.05, 4.69) is 26.1 Å². The average molecular weight is 225 g/mol. The minimum atomic E-state index is 0.215. The molecule has 16 heavy (non-hydrogen) atoms. The molecule has 94 valence electrons. The minimum Gasteiger partial charge on any atom is -0.375 e. The molecule has 1 aliphatic heterocycles. The van der Waals surface area contributed by atoms with Crippen LogP contribution in [0.25, 0.3) is 0 Å². The molecule has 1 saturated carbocycles. The van der Waals surface area contributed by atoms with Crippen LogP contribution in [0.15, 0.2) is 0 Å². The third kappa shape index (κ3) is 2.78. The maximum Gasteiger partial charge on any atom is 0.0702 e. The molecule has 0 radical (unpaired) electrons. The monoisotopic (exact) mass is 225 g/mol. The van der Waals surface area contributed by atoms with Crippen LogP contribution < -0.4 is 5.32 Å². The molecule has 0 aromatic carbocycles. The SMILES string of the molecule is CCCNC1CCOC2(CCC(C)(C)C2)C1. The van der Waals surface area contributed by atoms with E-state index >= 15 is 0 Å². The third-order valence-electron chi connectivity index (χ3n) is 4.23. The van der Waals surface area contributed by atoms with Gasteiger partial charge in [0.15, 0.2) is 0 Å². The summed E-state index contributed by atoms with van der Waals surface area (Å²) in [5, 5.41) is 3.67. The van der Waals surface area contributed by atoms with E-state index in [0.29, 0.717) is 11.5 Å². The van der Waals surface area contributed by atoms with Crippen molar-refractivity contribution in [3.8, 4) is 0 Å². The van der Waals surface area contributed by atoms with Gasteiger partial charge in [-0.25, -0.2) is 0 Å². The van der Waals surface area contributed by atoms with Crippen molar-refractivity contribution in [1.29, 1.82) is 0 Å². The summed E-state index contributed by atoms with van der Waals surface area (Å²) < 4.78 is 6.13. The highest BCUT2D eigenvalue weighted by atomic mass is 16.5. The number of ether oxygens (including phenoxy) is 1. The molecule has 2 unspecified atom stereocenters. The fourth-order valence-electron chi connectivity index (χ4n) is 3.46. The van der Waals surface area contributed by atoms with Crippen molar-refractivity contribution in [3.05, 3.63) is 0 Å². The maximum absolute atomic E-state index is 6.13. The first-order valence-corrected chi connectivity index (χ1v) is 6.93. The van der Waals surface area contributed by atoms with Crippen molar-refractivity contribution in [2.75, 3.05) is 13.2 Å². The average Bonchev–Trinajstić information content (AvgIpc) is 2.51. The Morgan fingerprint density at radius 1 is 1.31 bits per heavy atom. The van der Waals surface area contributed by atoms with Gasteiger partial charge in [-0.2, -0.15) is 0 Å². The molecule has 2 rings (SSSR count). The lowest BCUT2D eigenvalue weighted by Crippen LogP contribution is -2.46. The first kappa shape index (κ1) is 12.4. The summed E-state index contributed by atoms with van der Waals surface area (Å²) in [7, 11) is 0. The van der Waals surface area contributed by atoms with Gasteiger partial charge in [0, 0.05) is 12.6 Å². The van der Waals surface area contributed by atoms with Gasteiger partial charge in [0.1, 0.15) is 0 Å². The second-order valence-electron chi connectivity index (χ2n) is 6.52. The van der Waals surface area contributed by atoms with Crippen molar-refractivity contribution < 1.29 is 4.74 Å². The zero-order valence-corrected chi connectivity index (χ0v) is 11.1. The molecule has 1 aliphatic carbocycles. The molecule has 1 N–H and O–H groups in total. The molecule has 2 atom stereocenters. The van der Waals surface area contributed by atoms with Gasteiger partial charge in [-0.15, -0.1) is 0 Å². The Labute approximate surface area is 100 Å². The van der Waals surface area contributed by atoms with Gasteiger partial charge in [0.2, 0.25) is 0 Å². The lowest BCUT2D eigenvalue weighted by atomic mass is 9.84. The fraction of sp³-hybridized carbons (Fsp3) is 1.00. The van der Waals surface area contributed by atoms with Gasteiger partial charge in [0.05, 0.1) is 5.60 Å². The summed E-state index contributed by atoms with van der Waals surface area (Å²) in [6.07, 6.45) is 7.51. The summed E-state index contributed by atoms with van der Waals surface area (Å²) in [5.41, 5.74) is 0.708. The van der Waals surface area contributed by atoms with Gasteiger partial charge in [-0.1, -0.05) is 20.8 Å². The first-order valence-electron chi connectivity index (χ1n) is 6.93. The van der Waals surface area contributed by atoms with Gasteiger partial charge >= 0.3 is 0 Å². The molecular weight excluding hydrogens is 198 g/mol. The summed E-state index contributed by atoms with van der Waals surface area (Å²) >= 11 is 0. The molecular formula is C14H27NO. The molecule has 1 spiro atoms. The van der Waals surface area contributed by atoms with E-state index in [9.17, 15) is 0 Å². The summed E-state index contributed by atoms with van der Waals surface area (Å²) in [5.74, 6) is 0. The van der Waals surface area contributed by atoms with Gasteiger partial charge in [-0.05, 0) is 50.5 Å². The summed E-state index contributed by atoms with van der Waals surface area (Å²) in [4.78, 5) is 0. The molecule has 0 bridgehead atoms. The van der Waals surface area contributed by atoms with Crippen LogP contribution in [0.2, 0.25) is 0 Å². The van der Waals surface area contributed by atoms with Crippen LogP contribution in [0, 0.1) is 5.41 Å². The number of rotatable bonds is 3. The molecule has 2 heteroatoms. The Hall–Kier alpha value is -0.0800. The van der Waals surface area contributed by atoms with Crippen LogP contribution in [-0.4, -0.2) is 24.8 Å². The van der Waals surface area contributed by atoms with Crippen LogP contribution in [0.4, 0.5) is 0 Å². The second kappa shape index (κ2) is 4.66. The lowest BCUT2D eigenvalue weighted by Gasteiger charge is -2.39. The van der Waals surface area contributed by atoms with Crippen molar-refractivity contribution in [1.82, 2.24) is 5.32 Å². The predicted octanol–water partition coefficient (Wildman–Crippen LogP) is 3.11. The van der Waals surface area contributed by atoms with E-state index in [1.807, 2.05) is 0 Å². The van der Waals surface area contributed by atoms with Crippen molar-refractivity contribution in [2.24, 2.45) is 5.41 Å². The molecule has 0 amide bonds. The Bertz CT molecular complexity index is 239. The summed E-state index contributed by atoms with van der Waals surface area (Å²) in [6.45, 7) is 9.12. The van der Waals surface area contributed by atoms with E-state index in [0.717, 1.165) is 13.2 Å². The lowest BCUT2D eigenvalue weighted by molar-refractivity contribution is -0.0886. The topological polar surface area (TPSA) is 21.3 Å². The van der Waals surface area contributed by atoms with Crippen LogP contribution in [0.3, 0.4) is 0 Å². The van der Waals surface area contributed by atoms with Gasteiger partial charge in [-0.3, -0.25) is 0 Å². The largest absolute Gasteiger partial charge is 0.375 e. The highest BCUT2D eigenvalue weighted by Gasteiger charge is 2.46. The highest BCUT2D eigenvalue weighted by Crippen LogP contribution is 2.49. The molecule has 1 heterocycles. The molecule has 2 fully saturated rings. The smallest absolute Gasteiger partial charge is 0.0702 e. The zero-order valence-electron chi connectivity index (χ0n) is 11.1. The molecule has 2 nitrogen and oxygen atoms in total. The Kier molecular flexibility index (Phi) is 3.60. The van der Waals surface area contributed by atoms with E-state index in [-0.39, 0.29) is 5.60 Å². The third-order valence-corrected chi connectivity index (χ3v) is 4.23. The molecule has 0 aromatic heterocycles. The standard InChI is InChI=1S/C14H27NO/c1-4-8-15-12-5-9-16-14(10-12)7-6-13(2,3)11-14/h12,15H,4-11H2,1-3H3. The fourth-order valence-corrected chi connectivity index (χ4v) is 3.46. The first-order chi connectivity index (χ1) is 7.55. The van der Waals surface area contributed by atoms with Crippen molar-refractivity contribution in [2.45, 2.75) is 70.9 Å². The molecule has 0 aromatic rings. The van der Waals surface area contributed by atoms with Crippen LogP contribution in [0.5, 0.6) is 0 Å². The predicted molar refractivity (Wildman–Crippen MR) is 67.6 cm³/mol. The van der Waals surface area contributed by atoms with E-state index in [1.165, 1.54) is 38.5 Å². The van der Waals surface area contributed by atoms with E-state index in [4.69, 9.17) is 4.74 Å². The van der Waals surface area contributed by atoms with Crippen molar-refractivity contribution in [3.63, 3.8) is 0 Å². The van der Waals surface area contributed by atoms with Crippen LogP contribution in [-0.2, 0) is 4.74 Å². The maximum atomic E-state index is 6.13. The minimum absolute atomic E-state index is 0.215. The second-order valence-corrected chi connectivity index (χ2v) is 6.52. The number of nitrogens with one attached hydrogen (secondary N) is 1. The zero-order chi connectivity index (χ0) is 11.6. The van der Waals surface area contributed by atoms with Crippen molar-refractivity contribution >= 4 is 0 Å². The number of hydrogen-bond acceptors (Lipinski definition) is 2.